The van der Waals surface area contributed by atoms with E-state index in [1.165, 1.54) is 15.4 Å². The molecule has 0 atom stereocenters. The maximum absolute atomic E-state index is 8.04. The highest BCUT2D eigenvalue weighted by Gasteiger charge is 2.22. The summed E-state index contributed by atoms with van der Waals surface area (Å²) in [6.45, 7) is 11.2. The molecule has 144 valence electrons. The lowest BCUT2D eigenvalue weighted by molar-refractivity contribution is 0.249. The second-order valence-corrected chi connectivity index (χ2v) is 8.86. The number of nitrogens with one attached hydrogen (secondary N) is 2. The minimum Gasteiger partial charge on any atom is -0.368 e. The van der Waals surface area contributed by atoms with E-state index in [-0.39, 0.29) is 5.84 Å². The Morgan fingerprint density at radius 1 is 1.26 bits per heavy atom. The van der Waals surface area contributed by atoms with E-state index in [9.17, 15) is 0 Å². The molecule has 7 heteroatoms. The van der Waals surface area contributed by atoms with Gasteiger partial charge in [0, 0.05) is 48.5 Å². The van der Waals surface area contributed by atoms with Gasteiger partial charge in [-0.1, -0.05) is 19.9 Å². The van der Waals surface area contributed by atoms with Crippen LogP contribution in [0.3, 0.4) is 0 Å². The van der Waals surface area contributed by atoms with Gasteiger partial charge in [0.25, 0.3) is 0 Å². The van der Waals surface area contributed by atoms with Crippen LogP contribution in [0.5, 0.6) is 0 Å². The van der Waals surface area contributed by atoms with Gasteiger partial charge in [-0.2, -0.15) is 0 Å². The van der Waals surface area contributed by atoms with Gasteiger partial charge in [0.1, 0.15) is 5.01 Å². The molecule has 0 radical (unpaired) electrons. The maximum atomic E-state index is 8.04. The van der Waals surface area contributed by atoms with Gasteiger partial charge >= 0.3 is 0 Å². The van der Waals surface area contributed by atoms with E-state index in [4.69, 9.17) is 10.9 Å². The first-order valence-electron chi connectivity index (χ1n) is 9.44. The van der Waals surface area contributed by atoms with Crippen LogP contribution in [0.15, 0.2) is 29.5 Å². The standard InChI is InChI=1S/C20H28N6S/c1-14(2)10-16-4-5-17(20(21)24-22)18(11-16)26-8-6-25(7-9-26)13-19-23-12-15(3)27-19/h4-5,11-12,14,21-22H,6-10,13H2,1-3H3. The first-order valence-corrected chi connectivity index (χ1v) is 10.3. The zero-order valence-corrected chi connectivity index (χ0v) is 17.1. The molecule has 0 aliphatic carbocycles. The van der Waals surface area contributed by atoms with Crippen molar-refractivity contribution in [3.8, 4) is 0 Å². The quantitative estimate of drug-likeness (QED) is 0.442. The second kappa shape index (κ2) is 8.71. The second-order valence-electron chi connectivity index (χ2n) is 7.54. The summed E-state index contributed by atoms with van der Waals surface area (Å²) in [5.74, 6) is 0.615. The molecular weight excluding hydrogens is 356 g/mol. The zero-order chi connectivity index (χ0) is 19.4. The number of amidine groups is 1. The first kappa shape index (κ1) is 19.6. The first-order chi connectivity index (χ1) is 13.0. The fourth-order valence-corrected chi connectivity index (χ4v) is 4.34. The van der Waals surface area contributed by atoms with Crippen molar-refractivity contribution in [2.45, 2.75) is 33.7 Å². The summed E-state index contributed by atoms with van der Waals surface area (Å²) in [5, 5.41) is 12.6. The predicted molar refractivity (Wildman–Crippen MR) is 111 cm³/mol. The number of aromatic nitrogens is 1. The summed E-state index contributed by atoms with van der Waals surface area (Å²) in [5.41, 5.74) is 10.3. The molecular formula is C20H28N6S. The molecule has 27 heavy (non-hydrogen) atoms. The molecule has 6 nitrogen and oxygen atoms in total. The fourth-order valence-electron chi connectivity index (χ4n) is 3.51. The summed E-state index contributed by atoms with van der Waals surface area (Å²) in [7, 11) is 0. The lowest BCUT2D eigenvalue weighted by atomic mass is 9.99. The lowest BCUT2D eigenvalue weighted by Crippen LogP contribution is -2.46. The lowest BCUT2D eigenvalue weighted by Gasteiger charge is -2.36. The van der Waals surface area contributed by atoms with Crippen molar-refractivity contribution in [2.75, 3.05) is 31.1 Å². The third-order valence-electron chi connectivity index (χ3n) is 4.81. The minimum absolute atomic E-state index is 0.0294. The Morgan fingerprint density at radius 3 is 2.59 bits per heavy atom. The Hall–Kier alpha value is -2.12. The van der Waals surface area contributed by atoms with Crippen molar-refractivity contribution >= 4 is 22.9 Å². The van der Waals surface area contributed by atoms with Gasteiger partial charge in [0.2, 0.25) is 0 Å². The fraction of sp³-hybridized carbons (Fsp3) is 0.500. The highest BCUT2D eigenvalue weighted by Crippen LogP contribution is 2.26. The number of piperazine rings is 1. The van der Waals surface area contributed by atoms with Crippen molar-refractivity contribution in [1.82, 2.24) is 9.88 Å². The van der Waals surface area contributed by atoms with E-state index in [1.54, 1.807) is 11.3 Å². The highest BCUT2D eigenvalue weighted by atomic mass is 32.1. The third-order valence-corrected chi connectivity index (χ3v) is 5.71. The zero-order valence-electron chi connectivity index (χ0n) is 16.3. The van der Waals surface area contributed by atoms with Crippen molar-refractivity contribution in [1.29, 1.82) is 10.9 Å². The van der Waals surface area contributed by atoms with E-state index in [1.807, 2.05) is 12.3 Å². The van der Waals surface area contributed by atoms with Crippen LogP contribution in [0.2, 0.25) is 0 Å². The average molecular weight is 385 g/mol. The van der Waals surface area contributed by atoms with Crippen molar-refractivity contribution < 1.29 is 0 Å². The average Bonchev–Trinajstić information content (AvgIpc) is 3.06. The summed E-state index contributed by atoms with van der Waals surface area (Å²) in [6.07, 6.45) is 2.96. The molecule has 3 rings (SSSR count). The summed E-state index contributed by atoms with van der Waals surface area (Å²) >= 11 is 1.77. The minimum atomic E-state index is 0.0294. The molecule has 1 saturated heterocycles. The van der Waals surface area contributed by atoms with Crippen LogP contribution in [-0.4, -0.2) is 41.9 Å². The van der Waals surface area contributed by atoms with Crippen molar-refractivity contribution in [2.24, 2.45) is 11.0 Å². The van der Waals surface area contributed by atoms with Crippen LogP contribution >= 0.6 is 11.3 Å². The molecule has 1 fully saturated rings. The van der Waals surface area contributed by atoms with Gasteiger partial charge in [0.15, 0.2) is 5.84 Å². The number of benzene rings is 1. The summed E-state index contributed by atoms with van der Waals surface area (Å²) in [4.78, 5) is 10.5. The van der Waals surface area contributed by atoms with Crippen LogP contribution < -0.4 is 4.90 Å². The molecule has 0 unspecified atom stereocenters. The molecule has 0 spiro atoms. The Bertz CT molecular complexity index is 805. The van der Waals surface area contributed by atoms with Crippen LogP contribution in [-0.2, 0) is 13.0 Å². The van der Waals surface area contributed by atoms with Crippen molar-refractivity contribution in [3.05, 3.63) is 45.4 Å². The topological polar surface area (TPSA) is 79.4 Å². The maximum Gasteiger partial charge on any atom is 0.175 e. The van der Waals surface area contributed by atoms with E-state index in [0.717, 1.165) is 50.4 Å². The van der Waals surface area contributed by atoms with Gasteiger partial charge < -0.3 is 4.90 Å². The predicted octanol–water partition coefficient (Wildman–Crippen LogP) is 4.33. The molecule has 2 aromatic rings. The number of rotatable bonds is 6. The Balaban J connectivity index is 1.73. The molecule has 1 aliphatic heterocycles. The number of thiazole rings is 1. The van der Waals surface area contributed by atoms with E-state index < -0.39 is 0 Å². The number of aryl methyl sites for hydroxylation is 1. The number of hydrogen-bond donors (Lipinski definition) is 2. The van der Waals surface area contributed by atoms with Gasteiger partial charge in [-0.3, -0.25) is 10.3 Å². The summed E-state index contributed by atoms with van der Waals surface area (Å²) in [6, 6.07) is 6.21. The van der Waals surface area contributed by atoms with Crippen LogP contribution in [0, 0.1) is 23.8 Å². The molecule has 2 heterocycles. The van der Waals surface area contributed by atoms with Gasteiger partial charge in [-0.25, -0.2) is 10.5 Å². The molecule has 1 aliphatic rings. The number of nitrogens with zero attached hydrogens (tertiary/aromatic N) is 4. The van der Waals surface area contributed by atoms with Crippen LogP contribution in [0.25, 0.3) is 0 Å². The van der Waals surface area contributed by atoms with Gasteiger partial charge in [0.05, 0.1) is 6.54 Å². The Kier molecular flexibility index (Phi) is 6.34. The third kappa shape index (κ3) is 4.99. The van der Waals surface area contributed by atoms with Crippen LogP contribution in [0.1, 0.15) is 34.9 Å². The Labute approximate surface area is 165 Å². The number of anilines is 1. The Morgan fingerprint density at radius 2 is 2.00 bits per heavy atom. The molecule has 0 bridgehead atoms. The van der Waals surface area contributed by atoms with E-state index in [2.05, 4.69) is 52.8 Å². The van der Waals surface area contributed by atoms with E-state index >= 15 is 0 Å². The van der Waals surface area contributed by atoms with Crippen LogP contribution in [0.4, 0.5) is 5.69 Å². The van der Waals surface area contributed by atoms with Gasteiger partial charge in [-0.15, -0.1) is 16.5 Å². The van der Waals surface area contributed by atoms with E-state index in [0.29, 0.717) is 5.92 Å². The molecule has 2 N–H and O–H groups in total. The van der Waals surface area contributed by atoms with Gasteiger partial charge in [-0.05, 0) is 37.0 Å². The normalized spacial score (nSPS) is 15.3. The molecule has 1 aromatic heterocycles. The molecule has 0 amide bonds. The molecule has 0 saturated carbocycles. The number of hydrogen-bond acceptors (Lipinski definition) is 6. The summed E-state index contributed by atoms with van der Waals surface area (Å²) < 4.78 is 0. The smallest absolute Gasteiger partial charge is 0.175 e. The monoisotopic (exact) mass is 384 g/mol. The van der Waals surface area contributed by atoms with Crippen molar-refractivity contribution in [3.63, 3.8) is 0 Å². The highest BCUT2D eigenvalue weighted by molar-refractivity contribution is 7.11. The largest absolute Gasteiger partial charge is 0.368 e. The SMILES string of the molecule is Cc1cnc(CN2CCN(c3cc(CC(C)C)ccc3C(=N)N=N)CC2)s1. The molecule has 1 aromatic carbocycles.